The molecule has 2 amide bonds. The summed E-state index contributed by atoms with van der Waals surface area (Å²) in [5.41, 5.74) is 1.66. The summed E-state index contributed by atoms with van der Waals surface area (Å²) in [7, 11) is -2.55. The maximum Gasteiger partial charge on any atom is 0.248 e. The monoisotopic (exact) mass is 511 g/mol. The number of likely N-dealkylation sites (tertiary alicyclic amines) is 1. The number of hydroxylamine groups is 1. The zero-order chi connectivity index (χ0) is 26.0. The quantitative estimate of drug-likeness (QED) is 0.239. The lowest BCUT2D eigenvalue weighted by Crippen LogP contribution is -2.49. The van der Waals surface area contributed by atoms with Crippen LogP contribution in [-0.2, 0) is 19.6 Å². The van der Waals surface area contributed by atoms with E-state index in [1.165, 1.54) is 19.2 Å². The molecule has 1 saturated heterocycles. The van der Waals surface area contributed by atoms with E-state index in [1.807, 2.05) is 13.8 Å². The molecule has 1 fully saturated rings. The van der Waals surface area contributed by atoms with Gasteiger partial charge >= 0.3 is 0 Å². The fourth-order valence-electron chi connectivity index (χ4n) is 4.37. The van der Waals surface area contributed by atoms with E-state index in [9.17, 15) is 23.2 Å². The van der Waals surface area contributed by atoms with Crippen LogP contribution in [0.15, 0.2) is 29.2 Å². The number of carbonyl (C=O) groups is 2. The van der Waals surface area contributed by atoms with E-state index >= 15 is 0 Å². The molecule has 198 valence electrons. The Morgan fingerprint density at radius 2 is 1.74 bits per heavy atom. The molecule has 9 nitrogen and oxygen atoms in total. The molecule has 0 saturated carbocycles. The van der Waals surface area contributed by atoms with Crippen LogP contribution in [-0.4, -0.2) is 67.9 Å². The Bertz CT molecular complexity index is 914. The first-order chi connectivity index (χ1) is 16.6. The maximum absolute atomic E-state index is 13.4. The molecule has 1 aliphatic rings. The Balaban J connectivity index is 2.25. The van der Waals surface area contributed by atoms with Crippen molar-refractivity contribution < 1.29 is 28.0 Å². The third-order valence-corrected chi connectivity index (χ3v) is 8.23. The molecule has 0 unspecified atom stereocenters. The van der Waals surface area contributed by atoms with E-state index in [4.69, 9.17) is 4.74 Å². The third kappa shape index (κ3) is 8.18. The van der Waals surface area contributed by atoms with E-state index in [2.05, 4.69) is 6.92 Å². The number of amides is 2. The molecule has 2 N–H and O–H groups in total. The van der Waals surface area contributed by atoms with E-state index in [0.717, 1.165) is 36.4 Å². The van der Waals surface area contributed by atoms with Crippen molar-refractivity contribution >= 4 is 21.8 Å². The summed E-state index contributed by atoms with van der Waals surface area (Å²) in [4.78, 5) is 28.0. The first kappa shape index (κ1) is 29.1. The van der Waals surface area contributed by atoms with Crippen molar-refractivity contribution in [3.8, 4) is 5.75 Å². The second-order valence-corrected chi connectivity index (χ2v) is 11.7. The predicted octanol–water partition coefficient (Wildman–Crippen LogP) is 3.28. The van der Waals surface area contributed by atoms with Crippen LogP contribution >= 0.6 is 0 Å². The van der Waals surface area contributed by atoms with Gasteiger partial charge in [-0.1, -0.05) is 27.2 Å². The number of nitrogens with zero attached hydrogens (tertiary/aromatic N) is 2. The molecule has 1 aromatic carbocycles. The average Bonchev–Trinajstić information content (AvgIpc) is 2.85. The Morgan fingerprint density at radius 1 is 1.11 bits per heavy atom. The molecule has 0 spiro atoms. The van der Waals surface area contributed by atoms with Gasteiger partial charge in [-0.15, -0.1) is 0 Å². The molecule has 0 aliphatic carbocycles. The molecule has 2 atom stereocenters. The molecule has 0 aromatic heterocycles. The molecule has 1 aliphatic heterocycles. The van der Waals surface area contributed by atoms with E-state index in [-0.39, 0.29) is 23.3 Å². The number of carbonyl (C=O) groups excluding carboxylic acids is 2. The largest absolute Gasteiger partial charge is 0.494 e. The number of rotatable bonds is 13. The summed E-state index contributed by atoms with van der Waals surface area (Å²) in [6.45, 7) is 7.54. The Morgan fingerprint density at radius 3 is 2.29 bits per heavy atom. The van der Waals surface area contributed by atoms with Crippen LogP contribution in [0.1, 0.15) is 59.3 Å². The van der Waals surface area contributed by atoms with Crippen LogP contribution in [0.3, 0.4) is 0 Å². The summed E-state index contributed by atoms with van der Waals surface area (Å²) < 4.78 is 33.2. The van der Waals surface area contributed by atoms with Crippen molar-refractivity contribution in [3.05, 3.63) is 24.3 Å². The minimum absolute atomic E-state index is 0.0637. The second-order valence-electron chi connectivity index (χ2n) is 9.66. The normalized spacial score (nSPS) is 16.3. The highest BCUT2D eigenvalue weighted by Gasteiger charge is 2.39. The SMILES string of the molecule is CCCCOc1ccc(S(=O)(=O)N(C)C[C@H](C(=O)NO)[C@@H](CC(C)C)C(=O)N2CCCCC2)cc1. The lowest BCUT2D eigenvalue weighted by molar-refractivity contribution is -0.146. The highest BCUT2D eigenvalue weighted by Crippen LogP contribution is 2.28. The molecule has 1 heterocycles. The van der Waals surface area contributed by atoms with Crippen LogP contribution < -0.4 is 10.2 Å². The number of unbranched alkanes of at least 4 members (excludes halogenated alkanes) is 1. The number of piperidine rings is 1. The van der Waals surface area contributed by atoms with E-state index in [0.29, 0.717) is 31.9 Å². The topological polar surface area (TPSA) is 116 Å². The molecule has 0 bridgehead atoms. The molecular formula is C25H41N3O6S. The van der Waals surface area contributed by atoms with Crippen LogP contribution in [0.2, 0.25) is 0 Å². The number of hydrogen-bond donors (Lipinski definition) is 2. The van der Waals surface area contributed by atoms with Gasteiger partial charge in [-0.2, -0.15) is 0 Å². The van der Waals surface area contributed by atoms with Gasteiger partial charge < -0.3 is 9.64 Å². The van der Waals surface area contributed by atoms with E-state index in [1.54, 1.807) is 22.5 Å². The van der Waals surface area contributed by atoms with Crippen molar-refractivity contribution in [2.75, 3.05) is 33.3 Å². The van der Waals surface area contributed by atoms with Gasteiger partial charge in [-0.05, 0) is 62.3 Å². The molecule has 1 aromatic rings. The summed E-state index contributed by atoms with van der Waals surface area (Å²) in [6.07, 6.45) is 5.18. The summed E-state index contributed by atoms with van der Waals surface area (Å²) >= 11 is 0. The molecule has 2 rings (SSSR count). The van der Waals surface area contributed by atoms with Crippen molar-refractivity contribution in [1.29, 1.82) is 0 Å². The number of ether oxygens (including phenoxy) is 1. The molecule has 0 radical (unpaired) electrons. The number of hydrogen-bond acceptors (Lipinski definition) is 6. The zero-order valence-electron chi connectivity index (χ0n) is 21.4. The van der Waals surface area contributed by atoms with Gasteiger partial charge in [0.1, 0.15) is 5.75 Å². The Hall–Kier alpha value is -2.17. The van der Waals surface area contributed by atoms with Gasteiger partial charge in [-0.3, -0.25) is 14.8 Å². The smallest absolute Gasteiger partial charge is 0.248 e. The number of sulfonamides is 1. The van der Waals surface area contributed by atoms with Crippen molar-refractivity contribution in [1.82, 2.24) is 14.7 Å². The summed E-state index contributed by atoms with van der Waals surface area (Å²) in [6, 6.07) is 6.16. The van der Waals surface area contributed by atoms with Crippen LogP contribution in [0.5, 0.6) is 5.75 Å². The summed E-state index contributed by atoms with van der Waals surface area (Å²) in [5.74, 6) is -2.01. The number of nitrogens with one attached hydrogen (secondary N) is 1. The van der Waals surface area contributed by atoms with Gasteiger partial charge in [-0.25, -0.2) is 18.2 Å². The lowest BCUT2D eigenvalue weighted by Gasteiger charge is -2.35. The fraction of sp³-hybridized carbons (Fsp3) is 0.680. The minimum atomic E-state index is -3.94. The lowest BCUT2D eigenvalue weighted by atomic mass is 9.83. The summed E-state index contributed by atoms with van der Waals surface area (Å²) in [5, 5.41) is 9.43. The molecular weight excluding hydrogens is 470 g/mol. The average molecular weight is 512 g/mol. The third-order valence-electron chi connectivity index (χ3n) is 6.40. The van der Waals surface area contributed by atoms with Crippen molar-refractivity contribution in [2.24, 2.45) is 17.8 Å². The highest BCUT2D eigenvalue weighted by molar-refractivity contribution is 7.89. The van der Waals surface area contributed by atoms with Crippen molar-refractivity contribution in [3.63, 3.8) is 0 Å². The first-order valence-electron chi connectivity index (χ1n) is 12.5. The van der Waals surface area contributed by atoms with Crippen LogP contribution in [0.4, 0.5) is 0 Å². The Labute approximate surface area is 209 Å². The first-order valence-corrected chi connectivity index (χ1v) is 14.0. The zero-order valence-corrected chi connectivity index (χ0v) is 22.2. The number of benzene rings is 1. The van der Waals surface area contributed by atoms with Crippen LogP contribution in [0, 0.1) is 17.8 Å². The molecule has 35 heavy (non-hydrogen) atoms. The predicted molar refractivity (Wildman–Crippen MR) is 133 cm³/mol. The van der Waals surface area contributed by atoms with Gasteiger partial charge in [0.2, 0.25) is 21.8 Å². The van der Waals surface area contributed by atoms with Gasteiger partial charge in [0, 0.05) is 26.7 Å². The Kier molecular flexibility index (Phi) is 11.5. The second kappa shape index (κ2) is 13.8. The van der Waals surface area contributed by atoms with Gasteiger partial charge in [0.05, 0.1) is 23.3 Å². The van der Waals surface area contributed by atoms with Gasteiger partial charge in [0.15, 0.2) is 0 Å². The van der Waals surface area contributed by atoms with Crippen LogP contribution in [0.25, 0.3) is 0 Å². The van der Waals surface area contributed by atoms with Crippen molar-refractivity contribution in [2.45, 2.75) is 64.2 Å². The fourth-order valence-corrected chi connectivity index (χ4v) is 5.56. The maximum atomic E-state index is 13.4. The highest BCUT2D eigenvalue weighted by atomic mass is 32.2. The molecule has 10 heteroatoms. The standard InChI is InChI=1S/C25H41N3O6S/c1-5-6-16-34-20-10-12-21(13-11-20)35(32,33)27(4)18-23(24(29)26-31)22(17-19(2)3)25(30)28-14-8-7-9-15-28/h10-13,19,22-23,31H,5-9,14-18H2,1-4H3,(H,26,29)/t22-,23+/m1/s1. The minimum Gasteiger partial charge on any atom is -0.494 e. The van der Waals surface area contributed by atoms with Gasteiger partial charge in [0.25, 0.3) is 0 Å². The van der Waals surface area contributed by atoms with E-state index < -0.39 is 27.8 Å².